The number of rotatable bonds is 8. The molecule has 1 unspecified atom stereocenters. The Morgan fingerprint density at radius 3 is 2.43 bits per heavy atom. The maximum Gasteiger partial charge on any atom is 0.416 e. The van der Waals surface area contributed by atoms with Crippen LogP contribution in [0.2, 0.25) is 0 Å². The van der Waals surface area contributed by atoms with Crippen LogP contribution in [-0.4, -0.2) is 26.6 Å². The highest BCUT2D eigenvalue weighted by Crippen LogP contribution is 2.32. The number of benzene rings is 2. The smallest absolute Gasteiger partial charge is 0.416 e. The van der Waals surface area contributed by atoms with Crippen molar-refractivity contribution >= 4 is 16.8 Å². The molecule has 1 aliphatic heterocycles. The van der Waals surface area contributed by atoms with E-state index in [9.17, 15) is 22.2 Å². The van der Waals surface area contributed by atoms with Gasteiger partial charge in [0.1, 0.15) is 17.3 Å². The number of carbonyl (C=O) groups is 1. The minimum absolute atomic E-state index is 0.135. The molecule has 8 heteroatoms. The molecule has 0 radical (unpaired) electrons. The van der Waals surface area contributed by atoms with E-state index in [1.807, 2.05) is 23.4 Å². The molecule has 4 nitrogen and oxygen atoms in total. The number of hydrogen-bond donors (Lipinski definition) is 0. The van der Waals surface area contributed by atoms with Gasteiger partial charge < -0.3 is 4.74 Å². The Morgan fingerprint density at radius 1 is 1.07 bits per heavy atom. The molecule has 0 aromatic heterocycles. The van der Waals surface area contributed by atoms with Crippen molar-refractivity contribution in [2.45, 2.75) is 45.3 Å². The maximum absolute atomic E-state index is 12.7. The molecule has 3 rings (SSSR count). The normalized spacial score (nSPS) is 15.5. The summed E-state index contributed by atoms with van der Waals surface area (Å²) in [7, 11) is -1.23. The van der Waals surface area contributed by atoms with Crippen molar-refractivity contribution in [1.82, 2.24) is 4.31 Å². The Bertz CT molecular complexity index is 913. The van der Waals surface area contributed by atoms with E-state index in [-0.39, 0.29) is 5.78 Å². The van der Waals surface area contributed by atoms with Crippen LogP contribution in [0.5, 0.6) is 11.5 Å². The molecule has 1 heterocycles. The number of halogens is 3. The van der Waals surface area contributed by atoms with Crippen molar-refractivity contribution in [3.8, 4) is 11.5 Å². The first-order chi connectivity index (χ1) is 14.3. The van der Waals surface area contributed by atoms with Crippen molar-refractivity contribution in [3.05, 3.63) is 59.2 Å². The first kappa shape index (κ1) is 22.5. The van der Waals surface area contributed by atoms with Gasteiger partial charge in [0.05, 0.1) is 16.5 Å². The van der Waals surface area contributed by atoms with Crippen molar-refractivity contribution in [1.29, 1.82) is 0 Å². The summed E-state index contributed by atoms with van der Waals surface area (Å²) in [5.74, 6) is 1.29. The molecule has 0 saturated heterocycles. The lowest BCUT2D eigenvalue weighted by molar-refractivity contribution is -0.137. The molecule has 0 saturated carbocycles. The number of fused-ring (bicyclic) bond motifs is 1. The topological polar surface area (TPSA) is 46.6 Å². The van der Waals surface area contributed by atoms with Gasteiger partial charge >= 0.3 is 6.18 Å². The maximum atomic E-state index is 12.7. The Labute approximate surface area is 176 Å². The number of Topliss-reactive ketones (excluding diaryl/α,β-unsaturated/α-hetero) is 1. The van der Waals surface area contributed by atoms with Gasteiger partial charge in [-0.25, -0.2) is 8.51 Å². The number of ether oxygens (including phenoxy) is 1. The zero-order chi connectivity index (χ0) is 21.7. The van der Waals surface area contributed by atoms with E-state index < -0.39 is 22.7 Å². The first-order valence-electron chi connectivity index (χ1n) is 9.88. The van der Waals surface area contributed by atoms with Crippen molar-refractivity contribution in [2.24, 2.45) is 0 Å². The van der Waals surface area contributed by atoms with E-state index >= 15 is 0 Å². The molecule has 0 aliphatic carbocycles. The first-order valence-corrected chi connectivity index (χ1v) is 11.2. The van der Waals surface area contributed by atoms with Crippen LogP contribution in [0.25, 0.3) is 0 Å². The summed E-state index contributed by atoms with van der Waals surface area (Å²) in [6, 6.07) is 10.1. The molecule has 0 amide bonds. The quantitative estimate of drug-likeness (QED) is 0.562. The SMILES string of the molecule is CCCC(=O)CCS(=O)N1CCc2ccc(Oc3ccc(C(F)(F)F)cc3)cc2C1. The van der Waals surface area contributed by atoms with Crippen molar-refractivity contribution in [2.75, 3.05) is 12.3 Å². The second-order valence-electron chi connectivity index (χ2n) is 7.23. The highest BCUT2D eigenvalue weighted by molar-refractivity contribution is 7.82. The second-order valence-corrected chi connectivity index (χ2v) is 8.80. The van der Waals surface area contributed by atoms with Gasteiger partial charge in [0.15, 0.2) is 0 Å². The molecule has 1 atom stereocenters. The van der Waals surface area contributed by atoms with E-state index in [4.69, 9.17) is 4.74 Å². The largest absolute Gasteiger partial charge is 0.457 e. The summed E-state index contributed by atoms with van der Waals surface area (Å²) >= 11 is 0. The third kappa shape index (κ3) is 5.92. The lowest BCUT2D eigenvalue weighted by Gasteiger charge is -2.27. The predicted octanol–water partition coefficient (Wildman–Crippen LogP) is 5.28. The fourth-order valence-electron chi connectivity index (χ4n) is 3.33. The standard InChI is InChI=1S/C22H24F3NO3S/c1-2-3-19(27)11-13-30(28)26-12-10-16-4-7-21(14-17(16)15-26)29-20-8-5-18(6-9-20)22(23,24)25/h4-9,14H,2-3,10-13,15H2,1H3. The van der Waals surface area contributed by atoms with Crippen LogP contribution in [-0.2, 0) is 34.9 Å². The predicted molar refractivity (Wildman–Crippen MR) is 110 cm³/mol. The number of carbonyl (C=O) groups excluding carboxylic acids is 1. The van der Waals surface area contributed by atoms with Crippen LogP contribution < -0.4 is 4.74 Å². The van der Waals surface area contributed by atoms with Crippen LogP contribution in [0.1, 0.15) is 42.9 Å². The van der Waals surface area contributed by atoms with Crippen molar-refractivity contribution in [3.63, 3.8) is 0 Å². The van der Waals surface area contributed by atoms with Crippen LogP contribution >= 0.6 is 0 Å². The molecule has 2 aromatic carbocycles. The zero-order valence-corrected chi connectivity index (χ0v) is 17.5. The third-order valence-corrected chi connectivity index (χ3v) is 6.39. The Morgan fingerprint density at radius 2 is 1.77 bits per heavy atom. The van der Waals surface area contributed by atoms with Gasteiger partial charge in [-0.2, -0.15) is 13.2 Å². The van der Waals surface area contributed by atoms with Gasteiger partial charge in [0.25, 0.3) is 0 Å². The minimum Gasteiger partial charge on any atom is -0.457 e. The molecule has 30 heavy (non-hydrogen) atoms. The fourth-order valence-corrected chi connectivity index (χ4v) is 4.57. The van der Waals surface area contributed by atoms with Gasteiger partial charge in [-0.05, 0) is 60.4 Å². The highest BCUT2D eigenvalue weighted by atomic mass is 32.2. The number of nitrogens with zero attached hydrogens (tertiary/aromatic N) is 1. The second kappa shape index (κ2) is 9.75. The molecule has 162 valence electrons. The number of ketones is 1. The number of hydrogen-bond acceptors (Lipinski definition) is 3. The lowest BCUT2D eigenvalue weighted by Crippen LogP contribution is -2.33. The average Bonchev–Trinajstić information content (AvgIpc) is 2.71. The highest BCUT2D eigenvalue weighted by Gasteiger charge is 2.30. The van der Waals surface area contributed by atoms with Gasteiger partial charge in [0, 0.05) is 31.7 Å². The van der Waals surface area contributed by atoms with Crippen molar-refractivity contribution < 1.29 is 26.9 Å². The monoisotopic (exact) mass is 439 g/mol. The van der Waals surface area contributed by atoms with E-state index in [0.717, 1.165) is 36.1 Å². The number of alkyl halides is 3. The summed E-state index contributed by atoms with van der Waals surface area (Å²) < 4.78 is 58.2. The van der Waals surface area contributed by atoms with E-state index in [2.05, 4.69) is 0 Å². The molecule has 0 spiro atoms. The Kier molecular flexibility index (Phi) is 7.31. The summed E-state index contributed by atoms with van der Waals surface area (Å²) in [6.07, 6.45) is -2.01. The van der Waals surface area contributed by atoms with Crippen LogP contribution in [0, 0.1) is 0 Å². The molecule has 0 fully saturated rings. The van der Waals surface area contributed by atoms with E-state index in [1.54, 1.807) is 6.07 Å². The molecule has 0 bridgehead atoms. The van der Waals surface area contributed by atoms with E-state index in [1.165, 1.54) is 12.1 Å². The fraction of sp³-hybridized carbons (Fsp3) is 0.409. The molecule has 1 aliphatic rings. The Hall–Kier alpha value is -2.19. The van der Waals surface area contributed by atoms with E-state index in [0.29, 0.717) is 43.2 Å². The minimum atomic E-state index is -4.38. The van der Waals surface area contributed by atoms with Crippen LogP contribution in [0.15, 0.2) is 42.5 Å². The summed E-state index contributed by atoms with van der Waals surface area (Å²) in [5.41, 5.74) is 1.37. The van der Waals surface area contributed by atoms with Gasteiger partial charge in [0.2, 0.25) is 0 Å². The molecule has 0 N–H and O–H groups in total. The Balaban J connectivity index is 1.63. The lowest BCUT2D eigenvalue weighted by atomic mass is 10.0. The van der Waals surface area contributed by atoms with Gasteiger partial charge in [-0.1, -0.05) is 13.0 Å². The van der Waals surface area contributed by atoms with Gasteiger partial charge in [-0.15, -0.1) is 0 Å². The molecule has 2 aromatic rings. The zero-order valence-electron chi connectivity index (χ0n) is 16.7. The summed E-state index contributed by atoms with van der Waals surface area (Å²) in [5, 5.41) is 0. The van der Waals surface area contributed by atoms with Gasteiger partial charge in [-0.3, -0.25) is 4.79 Å². The van der Waals surface area contributed by atoms with Crippen LogP contribution in [0.3, 0.4) is 0 Å². The molecular weight excluding hydrogens is 415 g/mol. The average molecular weight is 439 g/mol. The summed E-state index contributed by atoms with van der Waals surface area (Å²) in [4.78, 5) is 11.7. The summed E-state index contributed by atoms with van der Waals surface area (Å²) in [6.45, 7) is 3.08. The third-order valence-electron chi connectivity index (χ3n) is 4.94. The van der Waals surface area contributed by atoms with Crippen LogP contribution in [0.4, 0.5) is 13.2 Å². The molecular formula is C22H24F3NO3S.